The fraction of sp³-hybridized carbons (Fsp3) is 0.300. The van der Waals surface area contributed by atoms with Gasteiger partial charge in [-0.1, -0.05) is 6.92 Å². The molecule has 0 heterocycles. The zero-order chi connectivity index (χ0) is 18.8. The van der Waals surface area contributed by atoms with Gasteiger partial charge in [-0.15, -0.1) is 0 Å². The number of methoxy groups -OCH3 is 1. The summed E-state index contributed by atoms with van der Waals surface area (Å²) >= 11 is 0. The Morgan fingerprint density at radius 2 is 1.85 bits per heavy atom. The monoisotopic (exact) mass is 356 g/mol. The molecular formula is C20H24N2O4. The predicted molar refractivity (Wildman–Crippen MR) is 101 cm³/mol. The Bertz CT molecular complexity index is 742. The SMILES string of the molecule is CCCOc1ccc(C(=O)N/N=C\c2ccc(OCC)c(OC)c2)cc1. The van der Waals surface area contributed by atoms with Gasteiger partial charge in [0.05, 0.1) is 26.5 Å². The maximum atomic E-state index is 12.1. The summed E-state index contributed by atoms with van der Waals surface area (Å²) in [6.07, 6.45) is 2.49. The van der Waals surface area contributed by atoms with E-state index in [1.807, 2.05) is 19.9 Å². The molecule has 26 heavy (non-hydrogen) atoms. The maximum Gasteiger partial charge on any atom is 0.271 e. The molecule has 0 unspecified atom stereocenters. The van der Waals surface area contributed by atoms with Crippen LogP contribution in [0.4, 0.5) is 0 Å². The molecule has 0 radical (unpaired) electrons. The van der Waals surface area contributed by atoms with Crippen molar-refractivity contribution in [1.82, 2.24) is 5.43 Å². The van der Waals surface area contributed by atoms with Crippen molar-refractivity contribution in [3.8, 4) is 17.2 Å². The van der Waals surface area contributed by atoms with Crippen molar-refractivity contribution < 1.29 is 19.0 Å². The first-order valence-corrected chi connectivity index (χ1v) is 8.55. The van der Waals surface area contributed by atoms with Gasteiger partial charge in [-0.05, 0) is 61.4 Å². The van der Waals surface area contributed by atoms with Crippen LogP contribution in [-0.2, 0) is 0 Å². The van der Waals surface area contributed by atoms with Gasteiger partial charge in [0.2, 0.25) is 0 Å². The van der Waals surface area contributed by atoms with Crippen LogP contribution in [0, 0.1) is 0 Å². The molecule has 1 amide bonds. The lowest BCUT2D eigenvalue weighted by Gasteiger charge is -2.09. The van der Waals surface area contributed by atoms with Gasteiger partial charge < -0.3 is 14.2 Å². The number of benzene rings is 2. The Morgan fingerprint density at radius 1 is 1.08 bits per heavy atom. The average Bonchev–Trinajstić information content (AvgIpc) is 2.67. The molecule has 0 atom stereocenters. The van der Waals surface area contributed by atoms with Crippen molar-refractivity contribution in [2.75, 3.05) is 20.3 Å². The Hall–Kier alpha value is -3.02. The Labute approximate surface area is 153 Å². The van der Waals surface area contributed by atoms with Crippen LogP contribution in [0.2, 0.25) is 0 Å². The van der Waals surface area contributed by atoms with Crippen LogP contribution in [0.1, 0.15) is 36.2 Å². The first kappa shape index (κ1) is 19.3. The Morgan fingerprint density at radius 3 is 2.50 bits per heavy atom. The van der Waals surface area contributed by atoms with E-state index in [1.165, 1.54) is 0 Å². The number of hydrogen-bond acceptors (Lipinski definition) is 5. The van der Waals surface area contributed by atoms with Crippen LogP contribution in [0.25, 0.3) is 0 Å². The molecule has 138 valence electrons. The number of nitrogens with zero attached hydrogens (tertiary/aromatic N) is 1. The molecule has 0 saturated heterocycles. The van der Waals surface area contributed by atoms with E-state index >= 15 is 0 Å². The van der Waals surface area contributed by atoms with Crippen LogP contribution in [0.3, 0.4) is 0 Å². The molecule has 0 saturated carbocycles. The maximum absolute atomic E-state index is 12.1. The van der Waals surface area contributed by atoms with Crippen LogP contribution in [-0.4, -0.2) is 32.4 Å². The number of ether oxygens (including phenoxy) is 3. The number of carbonyl (C=O) groups is 1. The molecule has 0 bridgehead atoms. The quantitative estimate of drug-likeness (QED) is 0.550. The van der Waals surface area contributed by atoms with Gasteiger partial charge in [0.15, 0.2) is 11.5 Å². The summed E-state index contributed by atoms with van der Waals surface area (Å²) in [5, 5.41) is 3.99. The molecule has 2 rings (SSSR count). The Kier molecular flexibility index (Phi) is 7.49. The van der Waals surface area contributed by atoms with Crippen molar-refractivity contribution in [3.05, 3.63) is 53.6 Å². The molecule has 0 aromatic heterocycles. The van der Waals surface area contributed by atoms with E-state index in [1.54, 1.807) is 49.7 Å². The highest BCUT2D eigenvalue weighted by molar-refractivity contribution is 5.95. The highest BCUT2D eigenvalue weighted by Crippen LogP contribution is 2.27. The number of amides is 1. The van der Waals surface area contributed by atoms with Crippen molar-refractivity contribution in [2.24, 2.45) is 5.10 Å². The topological polar surface area (TPSA) is 69.2 Å². The molecule has 6 heteroatoms. The number of nitrogens with one attached hydrogen (secondary N) is 1. The van der Waals surface area contributed by atoms with E-state index in [9.17, 15) is 4.79 Å². The van der Waals surface area contributed by atoms with Crippen LogP contribution in [0.5, 0.6) is 17.2 Å². The van der Waals surface area contributed by atoms with E-state index in [2.05, 4.69) is 10.5 Å². The Balaban J connectivity index is 1.96. The van der Waals surface area contributed by atoms with E-state index in [0.29, 0.717) is 30.3 Å². The van der Waals surface area contributed by atoms with Gasteiger partial charge in [-0.3, -0.25) is 4.79 Å². The lowest BCUT2D eigenvalue weighted by atomic mass is 10.2. The minimum absolute atomic E-state index is 0.291. The molecule has 0 fully saturated rings. The zero-order valence-corrected chi connectivity index (χ0v) is 15.3. The summed E-state index contributed by atoms with van der Waals surface area (Å²) in [5.74, 6) is 1.74. The summed E-state index contributed by atoms with van der Waals surface area (Å²) < 4.78 is 16.3. The molecule has 0 spiro atoms. The third-order valence-corrected chi connectivity index (χ3v) is 3.46. The molecule has 0 aliphatic heterocycles. The summed E-state index contributed by atoms with van der Waals surface area (Å²) in [6.45, 7) is 5.16. The average molecular weight is 356 g/mol. The van der Waals surface area contributed by atoms with Gasteiger partial charge in [0, 0.05) is 5.56 Å². The molecule has 0 aliphatic rings. The normalized spacial score (nSPS) is 10.6. The van der Waals surface area contributed by atoms with E-state index in [-0.39, 0.29) is 5.91 Å². The molecule has 2 aromatic rings. The van der Waals surface area contributed by atoms with Crippen molar-refractivity contribution in [2.45, 2.75) is 20.3 Å². The first-order valence-electron chi connectivity index (χ1n) is 8.55. The highest BCUT2D eigenvalue weighted by Gasteiger charge is 2.06. The number of hydrazone groups is 1. The largest absolute Gasteiger partial charge is 0.494 e. The molecule has 6 nitrogen and oxygen atoms in total. The first-order chi connectivity index (χ1) is 12.7. The smallest absolute Gasteiger partial charge is 0.271 e. The fourth-order valence-electron chi connectivity index (χ4n) is 2.19. The van der Waals surface area contributed by atoms with Gasteiger partial charge in [-0.25, -0.2) is 5.43 Å². The van der Waals surface area contributed by atoms with E-state index in [4.69, 9.17) is 14.2 Å². The summed E-state index contributed by atoms with van der Waals surface area (Å²) in [4.78, 5) is 12.1. The highest BCUT2D eigenvalue weighted by atomic mass is 16.5. The van der Waals surface area contributed by atoms with Gasteiger partial charge in [0.25, 0.3) is 5.91 Å². The fourth-order valence-corrected chi connectivity index (χ4v) is 2.19. The van der Waals surface area contributed by atoms with Gasteiger partial charge in [-0.2, -0.15) is 5.10 Å². The van der Waals surface area contributed by atoms with Crippen LogP contribution < -0.4 is 19.6 Å². The number of rotatable bonds is 9. The number of hydrogen-bond donors (Lipinski definition) is 1. The summed E-state index contributed by atoms with van der Waals surface area (Å²) in [7, 11) is 1.58. The van der Waals surface area contributed by atoms with Gasteiger partial charge in [0.1, 0.15) is 5.75 Å². The van der Waals surface area contributed by atoms with Gasteiger partial charge >= 0.3 is 0 Å². The lowest BCUT2D eigenvalue weighted by molar-refractivity contribution is 0.0955. The molecule has 0 aliphatic carbocycles. The predicted octanol–water partition coefficient (Wildman–Crippen LogP) is 3.65. The van der Waals surface area contributed by atoms with Crippen LogP contribution in [0.15, 0.2) is 47.6 Å². The number of carbonyl (C=O) groups excluding carboxylic acids is 1. The van der Waals surface area contributed by atoms with Crippen molar-refractivity contribution in [3.63, 3.8) is 0 Å². The van der Waals surface area contributed by atoms with E-state index in [0.717, 1.165) is 17.7 Å². The second-order valence-corrected chi connectivity index (χ2v) is 5.42. The van der Waals surface area contributed by atoms with Crippen molar-refractivity contribution in [1.29, 1.82) is 0 Å². The minimum atomic E-state index is -0.291. The third-order valence-electron chi connectivity index (χ3n) is 3.46. The summed E-state index contributed by atoms with van der Waals surface area (Å²) in [5.41, 5.74) is 3.80. The van der Waals surface area contributed by atoms with Crippen LogP contribution >= 0.6 is 0 Å². The molecule has 1 N–H and O–H groups in total. The minimum Gasteiger partial charge on any atom is -0.494 e. The second kappa shape index (κ2) is 10.1. The zero-order valence-electron chi connectivity index (χ0n) is 15.3. The standard InChI is InChI=1S/C20H24N2O4/c1-4-12-26-17-9-7-16(8-10-17)20(23)22-21-14-15-6-11-18(25-5-2)19(13-15)24-3/h6-11,13-14H,4-5,12H2,1-3H3,(H,22,23)/b21-14-. The second-order valence-electron chi connectivity index (χ2n) is 5.42. The molecule has 2 aromatic carbocycles. The third kappa shape index (κ3) is 5.51. The lowest BCUT2D eigenvalue weighted by Crippen LogP contribution is -2.17. The summed E-state index contributed by atoms with van der Waals surface area (Å²) in [6, 6.07) is 12.4. The van der Waals surface area contributed by atoms with E-state index < -0.39 is 0 Å². The molecular weight excluding hydrogens is 332 g/mol. The van der Waals surface area contributed by atoms with Crippen molar-refractivity contribution >= 4 is 12.1 Å².